The molecule has 1 amide bonds. The molecule has 148 valence electrons. The molecule has 27 heavy (non-hydrogen) atoms. The summed E-state index contributed by atoms with van der Waals surface area (Å²) in [4.78, 5) is 12.5. The average molecular weight is 411 g/mol. The second-order valence-electron chi connectivity index (χ2n) is 6.93. The summed E-state index contributed by atoms with van der Waals surface area (Å²) < 4.78 is 29.1. The number of nitrogens with one attached hydrogen (secondary N) is 1. The van der Waals surface area contributed by atoms with Crippen LogP contribution >= 0.6 is 11.3 Å². The van der Waals surface area contributed by atoms with Crippen LogP contribution in [-0.4, -0.2) is 48.0 Å². The summed E-state index contributed by atoms with van der Waals surface area (Å²) in [6.45, 7) is 6.02. The minimum Gasteiger partial charge on any atom is -0.356 e. The monoisotopic (exact) mass is 410 g/mol. The standard InChI is InChI=1S/C18H26N4O3S2/c1-14-12-15(2)22(20-14)10-5-8-19-18(23)16-6-3-9-21(13-16)27(24,25)17-7-4-11-26-17/h4,7,11-12,16H,3,5-6,8-10,13H2,1-2H3,(H,19,23)/t16-/m1/s1. The molecule has 2 aromatic rings. The summed E-state index contributed by atoms with van der Waals surface area (Å²) >= 11 is 1.21. The van der Waals surface area contributed by atoms with Gasteiger partial charge < -0.3 is 5.32 Å². The van der Waals surface area contributed by atoms with Crippen molar-refractivity contribution in [2.45, 2.75) is 43.9 Å². The van der Waals surface area contributed by atoms with E-state index in [-0.39, 0.29) is 18.4 Å². The van der Waals surface area contributed by atoms with Crippen LogP contribution in [0.5, 0.6) is 0 Å². The van der Waals surface area contributed by atoms with Crippen molar-refractivity contribution < 1.29 is 13.2 Å². The van der Waals surface area contributed by atoms with Gasteiger partial charge in [-0.3, -0.25) is 9.48 Å². The Balaban J connectivity index is 1.49. The molecule has 3 rings (SSSR count). The zero-order chi connectivity index (χ0) is 19.4. The van der Waals surface area contributed by atoms with Crippen LogP contribution in [0.4, 0.5) is 0 Å². The van der Waals surface area contributed by atoms with Crippen LogP contribution in [0.1, 0.15) is 30.7 Å². The zero-order valence-electron chi connectivity index (χ0n) is 15.7. The van der Waals surface area contributed by atoms with Gasteiger partial charge in [0, 0.05) is 31.9 Å². The molecule has 2 aromatic heterocycles. The van der Waals surface area contributed by atoms with E-state index in [4.69, 9.17) is 0 Å². The fraction of sp³-hybridized carbons (Fsp3) is 0.556. The SMILES string of the molecule is Cc1cc(C)n(CCCNC(=O)[C@@H]2CCCN(S(=O)(=O)c3cccs3)C2)n1. The third-order valence-electron chi connectivity index (χ3n) is 4.79. The summed E-state index contributed by atoms with van der Waals surface area (Å²) in [5.41, 5.74) is 2.10. The van der Waals surface area contributed by atoms with Crippen LogP contribution < -0.4 is 5.32 Å². The molecule has 9 heteroatoms. The second kappa shape index (κ2) is 8.53. The number of piperidine rings is 1. The third kappa shape index (κ3) is 4.77. The first kappa shape index (κ1) is 20.0. The smallest absolute Gasteiger partial charge is 0.252 e. The molecule has 3 heterocycles. The maximum atomic E-state index is 12.7. The number of rotatable bonds is 7. The third-order valence-corrected chi connectivity index (χ3v) is 8.03. The fourth-order valence-electron chi connectivity index (χ4n) is 3.40. The van der Waals surface area contributed by atoms with Gasteiger partial charge in [-0.05, 0) is 50.6 Å². The van der Waals surface area contributed by atoms with Gasteiger partial charge in [-0.15, -0.1) is 11.3 Å². The van der Waals surface area contributed by atoms with Crippen molar-refractivity contribution >= 4 is 27.3 Å². The predicted molar refractivity (Wildman–Crippen MR) is 105 cm³/mol. The molecule has 7 nitrogen and oxygen atoms in total. The van der Waals surface area contributed by atoms with E-state index in [0.29, 0.717) is 23.7 Å². The van der Waals surface area contributed by atoms with Gasteiger partial charge in [0.25, 0.3) is 10.0 Å². The molecule has 0 bridgehead atoms. The summed E-state index contributed by atoms with van der Waals surface area (Å²) in [6, 6.07) is 5.38. The molecule has 0 aliphatic carbocycles. The van der Waals surface area contributed by atoms with E-state index in [2.05, 4.69) is 10.4 Å². The Morgan fingerprint density at radius 2 is 2.22 bits per heavy atom. The molecule has 0 unspecified atom stereocenters. The number of carbonyl (C=O) groups is 1. The van der Waals surface area contributed by atoms with E-state index >= 15 is 0 Å². The molecule has 0 aromatic carbocycles. The fourth-order valence-corrected chi connectivity index (χ4v) is 6.07. The molecule has 1 N–H and O–H groups in total. The van der Waals surface area contributed by atoms with Gasteiger partial charge in [-0.2, -0.15) is 9.40 Å². The lowest BCUT2D eigenvalue weighted by atomic mass is 9.99. The number of aryl methyl sites for hydroxylation is 3. The van der Waals surface area contributed by atoms with Crippen molar-refractivity contribution in [2.75, 3.05) is 19.6 Å². The lowest BCUT2D eigenvalue weighted by Gasteiger charge is -2.30. The Bertz CT molecular complexity index is 875. The van der Waals surface area contributed by atoms with Crippen molar-refractivity contribution in [3.63, 3.8) is 0 Å². The molecule has 0 spiro atoms. The van der Waals surface area contributed by atoms with Gasteiger partial charge in [0.15, 0.2) is 0 Å². The van der Waals surface area contributed by atoms with Crippen LogP contribution in [0, 0.1) is 19.8 Å². The lowest BCUT2D eigenvalue weighted by Crippen LogP contribution is -2.45. The van der Waals surface area contributed by atoms with Gasteiger partial charge in [-0.1, -0.05) is 6.07 Å². The maximum absolute atomic E-state index is 12.7. The first-order chi connectivity index (χ1) is 12.9. The van der Waals surface area contributed by atoms with E-state index in [0.717, 1.165) is 30.8 Å². The number of sulfonamides is 1. The highest BCUT2D eigenvalue weighted by Crippen LogP contribution is 2.26. The summed E-state index contributed by atoms with van der Waals surface area (Å²) in [5.74, 6) is -0.350. The van der Waals surface area contributed by atoms with Gasteiger partial charge in [0.1, 0.15) is 4.21 Å². The largest absolute Gasteiger partial charge is 0.356 e. The topological polar surface area (TPSA) is 84.3 Å². The maximum Gasteiger partial charge on any atom is 0.252 e. The van der Waals surface area contributed by atoms with E-state index in [1.165, 1.54) is 15.6 Å². The minimum atomic E-state index is -3.49. The zero-order valence-corrected chi connectivity index (χ0v) is 17.4. The van der Waals surface area contributed by atoms with Crippen LogP contribution in [-0.2, 0) is 21.4 Å². The van der Waals surface area contributed by atoms with Crippen molar-refractivity contribution in [2.24, 2.45) is 5.92 Å². The van der Waals surface area contributed by atoms with Gasteiger partial charge in [-0.25, -0.2) is 8.42 Å². The summed E-state index contributed by atoms with van der Waals surface area (Å²) in [5, 5.41) is 9.12. The average Bonchev–Trinajstić information content (AvgIpc) is 3.29. The molecule has 1 fully saturated rings. The first-order valence-corrected chi connectivity index (χ1v) is 11.5. The molecule has 1 aliphatic rings. The van der Waals surface area contributed by atoms with Crippen molar-refractivity contribution in [1.82, 2.24) is 19.4 Å². The van der Waals surface area contributed by atoms with E-state index in [9.17, 15) is 13.2 Å². The minimum absolute atomic E-state index is 0.0607. The Morgan fingerprint density at radius 3 is 2.89 bits per heavy atom. The second-order valence-corrected chi connectivity index (χ2v) is 10.0. The molecular formula is C18H26N4O3S2. The lowest BCUT2D eigenvalue weighted by molar-refractivity contribution is -0.126. The molecular weight excluding hydrogens is 384 g/mol. The van der Waals surface area contributed by atoms with Crippen molar-refractivity contribution in [3.8, 4) is 0 Å². The number of nitrogens with zero attached hydrogens (tertiary/aromatic N) is 3. The molecule has 1 saturated heterocycles. The quantitative estimate of drug-likeness (QED) is 0.709. The Labute approximate surface area is 164 Å². The van der Waals surface area contributed by atoms with Crippen LogP contribution in [0.3, 0.4) is 0 Å². The Hall–Kier alpha value is -1.71. The number of thiophene rings is 1. The van der Waals surface area contributed by atoms with Gasteiger partial charge in [0.2, 0.25) is 5.91 Å². The summed E-state index contributed by atoms with van der Waals surface area (Å²) in [6.07, 6.45) is 2.21. The molecule has 1 atom stereocenters. The Morgan fingerprint density at radius 1 is 1.41 bits per heavy atom. The normalized spacial score (nSPS) is 18.5. The number of amides is 1. The molecule has 0 radical (unpaired) electrons. The van der Waals surface area contributed by atoms with Gasteiger partial charge >= 0.3 is 0 Å². The van der Waals surface area contributed by atoms with Crippen molar-refractivity contribution in [3.05, 3.63) is 35.0 Å². The highest BCUT2D eigenvalue weighted by atomic mass is 32.2. The van der Waals surface area contributed by atoms with Crippen LogP contribution in [0.15, 0.2) is 27.8 Å². The Kier molecular flexibility index (Phi) is 6.33. The van der Waals surface area contributed by atoms with E-state index in [1.54, 1.807) is 17.5 Å². The van der Waals surface area contributed by atoms with Crippen molar-refractivity contribution in [1.29, 1.82) is 0 Å². The number of carbonyl (C=O) groups excluding carboxylic acids is 1. The number of hydrogen-bond acceptors (Lipinski definition) is 5. The van der Waals surface area contributed by atoms with Crippen LogP contribution in [0.2, 0.25) is 0 Å². The number of aromatic nitrogens is 2. The highest BCUT2D eigenvalue weighted by Gasteiger charge is 2.33. The highest BCUT2D eigenvalue weighted by molar-refractivity contribution is 7.91. The summed E-state index contributed by atoms with van der Waals surface area (Å²) in [7, 11) is -3.49. The van der Waals surface area contributed by atoms with Crippen LogP contribution in [0.25, 0.3) is 0 Å². The number of hydrogen-bond donors (Lipinski definition) is 1. The van der Waals surface area contributed by atoms with E-state index < -0.39 is 10.0 Å². The molecule has 1 aliphatic heterocycles. The molecule has 0 saturated carbocycles. The predicted octanol–water partition coefficient (Wildman–Crippen LogP) is 2.17. The van der Waals surface area contributed by atoms with Gasteiger partial charge in [0.05, 0.1) is 11.6 Å². The first-order valence-electron chi connectivity index (χ1n) is 9.20. The van der Waals surface area contributed by atoms with E-state index in [1.807, 2.05) is 24.6 Å².